The molecule has 2 aromatic rings. The Kier molecular flexibility index (Phi) is 4.04. The van der Waals surface area contributed by atoms with Gasteiger partial charge < -0.3 is 4.74 Å². The number of rotatable bonds is 3. The van der Waals surface area contributed by atoms with Crippen LogP contribution in [-0.2, 0) is 4.74 Å². The Labute approximate surface area is 118 Å². The van der Waals surface area contributed by atoms with Gasteiger partial charge in [-0.05, 0) is 31.2 Å². The fraction of sp³-hybridized carbons (Fsp3) is 0.167. The topological polar surface area (TPSA) is 44.1 Å². The van der Waals surface area contributed by atoms with Crippen LogP contribution in [0.3, 0.4) is 0 Å². The van der Waals surface area contributed by atoms with Gasteiger partial charge >= 0.3 is 5.97 Å². The molecule has 0 N–H and O–H groups in total. The SMILES string of the molecule is CCOC(=O)c1ccnn1-c1cc(Br)ccc1Cl. The fourth-order valence-corrected chi connectivity index (χ4v) is 2.05. The van der Waals surface area contributed by atoms with Crippen molar-refractivity contribution in [2.24, 2.45) is 0 Å². The molecule has 4 nitrogen and oxygen atoms in total. The number of nitrogens with zero attached hydrogens (tertiary/aromatic N) is 2. The number of esters is 1. The summed E-state index contributed by atoms with van der Waals surface area (Å²) in [7, 11) is 0. The lowest BCUT2D eigenvalue weighted by Crippen LogP contribution is -2.12. The molecular weight excluding hydrogens is 320 g/mol. The maximum atomic E-state index is 11.8. The van der Waals surface area contributed by atoms with Crippen LogP contribution in [0.15, 0.2) is 34.9 Å². The third-order valence-corrected chi connectivity index (χ3v) is 3.08. The maximum Gasteiger partial charge on any atom is 0.357 e. The van der Waals surface area contributed by atoms with E-state index in [1.807, 2.05) is 6.07 Å². The van der Waals surface area contributed by atoms with Crippen molar-refractivity contribution in [3.8, 4) is 5.69 Å². The summed E-state index contributed by atoms with van der Waals surface area (Å²) in [6, 6.07) is 6.93. The van der Waals surface area contributed by atoms with Gasteiger partial charge in [0.1, 0.15) is 0 Å². The minimum absolute atomic E-state index is 0.316. The second kappa shape index (κ2) is 5.54. The lowest BCUT2D eigenvalue weighted by molar-refractivity contribution is 0.0516. The lowest BCUT2D eigenvalue weighted by atomic mass is 10.3. The molecule has 1 aromatic carbocycles. The summed E-state index contributed by atoms with van der Waals surface area (Å²) in [4.78, 5) is 11.8. The Morgan fingerprint density at radius 2 is 2.28 bits per heavy atom. The first-order valence-corrected chi connectivity index (χ1v) is 6.47. The molecule has 0 saturated carbocycles. The molecular formula is C12H10BrClN2O2. The summed E-state index contributed by atoms with van der Waals surface area (Å²) in [6.45, 7) is 2.07. The first-order valence-electron chi connectivity index (χ1n) is 5.30. The second-order valence-electron chi connectivity index (χ2n) is 3.44. The standard InChI is InChI=1S/C12H10BrClN2O2/c1-2-18-12(17)10-5-6-15-16(10)11-7-8(13)3-4-9(11)14/h3-7H,2H2,1H3. The minimum Gasteiger partial charge on any atom is -0.461 e. The number of carbonyl (C=O) groups is 1. The predicted octanol–water partition coefficient (Wildman–Crippen LogP) is 3.46. The summed E-state index contributed by atoms with van der Waals surface area (Å²) in [5.74, 6) is -0.425. The quantitative estimate of drug-likeness (QED) is 0.810. The van der Waals surface area contributed by atoms with Gasteiger partial charge in [0.05, 0.1) is 23.5 Å². The number of carbonyl (C=O) groups excluding carboxylic acids is 1. The predicted molar refractivity (Wildman–Crippen MR) is 72.2 cm³/mol. The first kappa shape index (κ1) is 13.1. The maximum absolute atomic E-state index is 11.8. The lowest BCUT2D eigenvalue weighted by Gasteiger charge is -2.09. The van der Waals surface area contributed by atoms with Gasteiger partial charge in [-0.3, -0.25) is 0 Å². The molecule has 1 heterocycles. The van der Waals surface area contributed by atoms with E-state index in [4.69, 9.17) is 16.3 Å². The number of benzene rings is 1. The Balaban J connectivity index is 2.48. The smallest absolute Gasteiger partial charge is 0.357 e. The Bertz CT molecular complexity index is 583. The van der Waals surface area contributed by atoms with Gasteiger partial charge in [0.15, 0.2) is 5.69 Å². The fourth-order valence-electron chi connectivity index (χ4n) is 1.50. The molecule has 0 fully saturated rings. The van der Waals surface area contributed by atoms with E-state index in [-0.39, 0.29) is 0 Å². The molecule has 2 rings (SSSR count). The summed E-state index contributed by atoms with van der Waals surface area (Å²) < 4.78 is 7.28. The largest absolute Gasteiger partial charge is 0.461 e. The van der Waals surface area contributed by atoms with Crippen LogP contribution in [0.25, 0.3) is 5.69 Å². The van der Waals surface area contributed by atoms with Crippen LogP contribution in [-0.4, -0.2) is 22.4 Å². The van der Waals surface area contributed by atoms with E-state index in [0.29, 0.717) is 23.0 Å². The van der Waals surface area contributed by atoms with E-state index in [1.165, 1.54) is 10.9 Å². The molecule has 0 aliphatic rings. The molecule has 0 aliphatic heterocycles. The van der Waals surface area contributed by atoms with E-state index >= 15 is 0 Å². The summed E-state index contributed by atoms with van der Waals surface area (Å²) in [6.07, 6.45) is 1.53. The zero-order valence-corrected chi connectivity index (χ0v) is 11.9. The highest BCUT2D eigenvalue weighted by atomic mass is 79.9. The van der Waals surface area contributed by atoms with Gasteiger partial charge in [-0.25, -0.2) is 9.48 Å². The third kappa shape index (κ3) is 2.57. The number of ether oxygens (including phenoxy) is 1. The van der Waals surface area contributed by atoms with Crippen LogP contribution in [0.4, 0.5) is 0 Å². The average molecular weight is 330 g/mol. The van der Waals surface area contributed by atoms with Crippen molar-refractivity contribution in [3.05, 3.63) is 45.7 Å². The van der Waals surface area contributed by atoms with Crippen molar-refractivity contribution < 1.29 is 9.53 Å². The number of hydrogen-bond acceptors (Lipinski definition) is 3. The molecule has 0 radical (unpaired) electrons. The highest BCUT2D eigenvalue weighted by Crippen LogP contribution is 2.25. The zero-order valence-electron chi connectivity index (χ0n) is 9.56. The van der Waals surface area contributed by atoms with E-state index < -0.39 is 5.97 Å². The molecule has 0 atom stereocenters. The monoisotopic (exact) mass is 328 g/mol. The van der Waals surface area contributed by atoms with Crippen molar-refractivity contribution in [3.63, 3.8) is 0 Å². The molecule has 1 aromatic heterocycles. The van der Waals surface area contributed by atoms with Crippen molar-refractivity contribution in [2.45, 2.75) is 6.92 Å². The molecule has 0 bridgehead atoms. The summed E-state index contributed by atoms with van der Waals surface area (Å²) in [5, 5.41) is 4.61. The van der Waals surface area contributed by atoms with E-state index in [0.717, 1.165) is 4.47 Å². The molecule has 0 spiro atoms. The van der Waals surface area contributed by atoms with Crippen LogP contribution < -0.4 is 0 Å². The molecule has 0 unspecified atom stereocenters. The molecule has 0 aliphatic carbocycles. The van der Waals surface area contributed by atoms with Crippen LogP contribution in [0.2, 0.25) is 5.02 Å². The zero-order chi connectivity index (χ0) is 13.1. The Morgan fingerprint density at radius 1 is 1.50 bits per heavy atom. The second-order valence-corrected chi connectivity index (χ2v) is 4.77. The highest BCUT2D eigenvalue weighted by Gasteiger charge is 2.16. The Morgan fingerprint density at radius 3 is 3.00 bits per heavy atom. The van der Waals surface area contributed by atoms with Crippen molar-refractivity contribution in [2.75, 3.05) is 6.61 Å². The van der Waals surface area contributed by atoms with Gasteiger partial charge in [0.25, 0.3) is 0 Å². The van der Waals surface area contributed by atoms with Crippen molar-refractivity contribution in [1.82, 2.24) is 9.78 Å². The van der Waals surface area contributed by atoms with Crippen molar-refractivity contribution >= 4 is 33.5 Å². The minimum atomic E-state index is -0.425. The van der Waals surface area contributed by atoms with Gasteiger partial charge in [0, 0.05) is 4.47 Å². The first-order chi connectivity index (χ1) is 8.63. The summed E-state index contributed by atoms with van der Waals surface area (Å²) >= 11 is 9.47. The van der Waals surface area contributed by atoms with E-state index in [2.05, 4.69) is 21.0 Å². The van der Waals surface area contributed by atoms with Crippen LogP contribution in [0, 0.1) is 0 Å². The van der Waals surface area contributed by atoms with E-state index in [9.17, 15) is 4.79 Å². The normalized spacial score (nSPS) is 10.4. The summed E-state index contributed by atoms with van der Waals surface area (Å²) in [5.41, 5.74) is 0.968. The Hall–Kier alpha value is -1.33. The number of halogens is 2. The molecule has 18 heavy (non-hydrogen) atoms. The number of aromatic nitrogens is 2. The van der Waals surface area contributed by atoms with Crippen LogP contribution in [0.1, 0.15) is 17.4 Å². The third-order valence-electron chi connectivity index (χ3n) is 2.26. The molecule has 94 valence electrons. The molecule has 0 saturated heterocycles. The average Bonchev–Trinajstić information content (AvgIpc) is 2.81. The van der Waals surface area contributed by atoms with Crippen LogP contribution in [0.5, 0.6) is 0 Å². The number of hydrogen-bond donors (Lipinski definition) is 0. The van der Waals surface area contributed by atoms with Crippen LogP contribution >= 0.6 is 27.5 Å². The highest BCUT2D eigenvalue weighted by molar-refractivity contribution is 9.10. The van der Waals surface area contributed by atoms with E-state index in [1.54, 1.807) is 25.1 Å². The van der Waals surface area contributed by atoms with Gasteiger partial charge in [-0.2, -0.15) is 5.10 Å². The van der Waals surface area contributed by atoms with Crippen molar-refractivity contribution in [1.29, 1.82) is 0 Å². The van der Waals surface area contributed by atoms with Gasteiger partial charge in [-0.1, -0.05) is 27.5 Å². The molecule has 0 amide bonds. The van der Waals surface area contributed by atoms with Gasteiger partial charge in [0.2, 0.25) is 0 Å². The van der Waals surface area contributed by atoms with Gasteiger partial charge in [-0.15, -0.1) is 0 Å². The molecule has 6 heteroatoms.